The van der Waals surface area contributed by atoms with Crippen molar-refractivity contribution in [2.24, 2.45) is 5.92 Å². The Bertz CT molecular complexity index is 731. The smallest absolute Gasteiger partial charge is 0.253 e. The van der Waals surface area contributed by atoms with Gasteiger partial charge in [-0.05, 0) is 55.6 Å². The van der Waals surface area contributed by atoms with E-state index in [1.165, 1.54) is 0 Å². The molecule has 1 N–H and O–H groups in total. The molecule has 2 heterocycles. The summed E-state index contributed by atoms with van der Waals surface area (Å²) in [5, 5.41) is 4.41. The topological polar surface area (TPSA) is 45.2 Å². The number of pyridine rings is 1. The second kappa shape index (κ2) is 9.36. The SMILES string of the molecule is O=C(c1ccc(Cl)c(Cl)c1)N1CCC(CNCCc2ccccn2)CC1. The van der Waals surface area contributed by atoms with Crippen molar-refractivity contribution < 1.29 is 4.79 Å². The number of carbonyl (C=O) groups excluding carboxylic acids is 1. The van der Waals surface area contributed by atoms with E-state index in [2.05, 4.69) is 16.4 Å². The van der Waals surface area contributed by atoms with Gasteiger partial charge in [-0.25, -0.2) is 0 Å². The van der Waals surface area contributed by atoms with Crippen LogP contribution in [0.25, 0.3) is 0 Å². The van der Waals surface area contributed by atoms with E-state index in [9.17, 15) is 4.79 Å². The highest BCUT2D eigenvalue weighted by molar-refractivity contribution is 6.42. The highest BCUT2D eigenvalue weighted by atomic mass is 35.5. The van der Waals surface area contributed by atoms with Gasteiger partial charge in [-0.1, -0.05) is 29.3 Å². The number of carbonyl (C=O) groups is 1. The molecule has 4 nitrogen and oxygen atoms in total. The van der Waals surface area contributed by atoms with Crippen LogP contribution in [0.3, 0.4) is 0 Å². The maximum Gasteiger partial charge on any atom is 0.253 e. The summed E-state index contributed by atoms with van der Waals surface area (Å²) in [4.78, 5) is 18.8. The van der Waals surface area contributed by atoms with Gasteiger partial charge in [0.2, 0.25) is 0 Å². The molecule has 0 radical (unpaired) electrons. The number of amides is 1. The van der Waals surface area contributed by atoms with E-state index >= 15 is 0 Å². The average Bonchev–Trinajstić information content (AvgIpc) is 2.68. The fraction of sp³-hybridized carbons (Fsp3) is 0.400. The molecule has 0 saturated carbocycles. The number of rotatable bonds is 6. The van der Waals surface area contributed by atoms with Crippen LogP contribution in [0.5, 0.6) is 0 Å². The van der Waals surface area contributed by atoms with Crippen LogP contribution < -0.4 is 5.32 Å². The molecule has 1 aliphatic rings. The fourth-order valence-electron chi connectivity index (χ4n) is 3.22. The van der Waals surface area contributed by atoms with Crippen molar-refractivity contribution in [3.63, 3.8) is 0 Å². The van der Waals surface area contributed by atoms with Gasteiger partial charge < -0.3 is 10.2 Å². The van der Waals surface area contributed by atoms with Crippen LogP contribution in [0, 0.1) is 5.92 Å². The molecule has 1 fully saturated rings. The van der Waals surface area contributed by atoms with Gasteiger partial charge in [0.25, 0.3) is 5.91 Å². The summed E-state index contributed by atoms with van der Waals surface area (Å²) in [6.07, 6.45) is 4.80. The largest absolute Gasteiger partial charge is 0.339 e. The third-order valence-corrected chi connectivity index (χ3v) is 5.52. The molecule has 0 aliphatic carbocycles. The van der Waals surface area contributed by atoms with Crippen molar-refractivity contribution in [1.29, 1.82) is 0 Å². The van der Waals surface area contributed by atoms with E-state index in [0.29, 0.717) is 21.5 Å². The summed E-state index contributed by atoms with van der Waals surface area (Å²) < 4.78 is 0. The van der Waals surface area contributed by atoms with Crippen LogP contribution in [0.2, 0.25) is 10.0 Å². The zero-order chi connectivity index (χ0) is 18.4. The molecule has 26 heavy (non-hydrogen) atoms. The first-order valence-electron chi connectivity index (χ1n) is 8.98. The molecule has 138 valence electrons. The summed E-state index contributed by atoms with van der Waals surface area (Å²) in [6, 6.07) is 11.1. The van der Waals surface area contributed by atoms with E-state index in [4.69, 9.17) is 23.2 Å². The number of nitrogens with zero attached hydrogens (tertiary/aromatic N) is 2. The lowest BCUT2D eigenvalue weighted by atomic mass is 9.96. The van der Waals surface area contributed by atoms with Crippen molar-refractivity contribution in [2.45, 2.75) is 19.3 Å². The molecule has 1 aromatic carbocycles. The molecule has 0 bridgehead atoms. The third kappa shape index (κ3) is 5.19. The predicted octanol–water partition coefficient (Wildman–Crippen LogP) is 4.07. The lowest BCUT2D eigenvalue weighted by Gasteiger charge is -2.32. The van der Waals surface area contributed by atoms with Gasteiger partial charge in [0, 0.05) is 43.5 Å². The molecule has 1 aliphatic heterocycles. The maximum absolute atomic E-state index is 12.6. The van der Waals surface area contributed by atoms with Gasteiger partial charge in [0.15, 0.2) is 0 Å². The fourth-order valence-corrected chi connectivity index (χ4v) is 3.52. The Hall–Kier alpha value is -1.62. The second-order valence-corrected chi connectivity index (χ2v) is 7.45. The van der Waals surface area contributed by atoms with Gasteiger partial charge in [-0.3, -0.25) is 9.78 Å². The molecule has 1 saturated heterocycles. The number of aromatic nitrogens is 1. The molecule has 1 amide bonds. The molecule has 0 spiro atoms. The lowest BCUT2D eigenvalue weighted by Crippen LogP contribution is -2.41. The minimum absolute atomic E-state index is 0.0325. The average molecular weight is 392 g/mol. The Kier molecular flexibility index (Phi) is 6.89. The molecule has 6 heteroatoms. The van der Waals surface area contributed by atoms with Gasteiger partial charge in [0.05, 0.1) is 10.0 Å². The minimum atomic E-state index is 0.0325. The molecule has 1 aromatic heterocycles. The summed E-state index contributed by atoms with van der Waals surface area (Å²) in [6.45, 7) is 3.48. The van der Waals surface area contributed by atoms with E-state index in [0.717, 1.165) is 51.1 Å². The predicted molar refractivity (Wildman–Crippen MR) is 106 cm³/mol. The lowest BCUT2D eigenvalue weighted by molar-refractivity contribution is 0.0690. The summed E-state index contributed by atoms with van der Waals surface area (Å²) in [5.74, 6) is 0.640. The number of likely N-dealkylation sites (tertiary alicyclic amines) is 1. The van der Waals surface area contributed by atoms with E-state index < -0.39 is 0 Å². The summed E-state index contributed by atoms with van der Waals surface area (Å²) in [5.41, 5.74) is 1.72. The maximum atomic E-state index is 12.6. The highest BCUT2D eigenvalue weighted by Gasteiger charge is 2.23. The Balaban J connectivity index is 1.39. The molecule has 0 unspecified atom stereocenters. The monoisotopic (exact) mass is 391 g/mol. The minimum Gasteiger partial charge on any atom is -0.339 e. The van der Waals surface area contributed by atoms with Gasteiger partial charge >= 0.3 is 0 Å². The number of nitrogens with one attached hydrogen (secondary N) is 1. The molecule has 3 rings (SSSR count). The van der Waals surface area contributed by atoms with Crippen LogP contribution in [0.15, 0.2) is 42.6 Å². The first-order valence-corrected chi connectivity index (χ1v) is 9.74. The normalized spacial score (nSPS) is 15.2. The van der Waals surface area contributed by atoms with E-state index in [1.54, 1.807) is 18.2 Å². The molecule has 2 aromatic rings. The van der Waals surface area contributed by atoms with Crippen molar-refractivity contribution in [3.05, 3.63) is 63.9 Å². The summed E-state index contributed by atoms with van der Waals surface area (Å²) >= 11 is 11.9. The number of benzene rings is 1. The van der Waals surface area contributed by atoms with Crippen molar-refractivity contribution >= 4 is 29.1 Å². The molecular weight excluding hydrogens is 369 g/mol. The number of piperidine rings is 1. The highest BCUT2D eigenvalue weighted by Crippen LogP contribution is 2.24. The zero-order valence-corrected chi connectivity index (χ0v) is 16.1. The van der Waals surface area contributed by atoms with Crippen LogP contribution >= 0.6 is 23.2 Å². The van der Waals surface area contributed by atoms with E-state index in [1.807, 2.05) is 23.2 Å². The first-order chi connectivity index (χ1) is 12.6. The quantitative estimate of drug-likeness (QED) is 0.754. The Labute approximate surface area is 164 Å². The number of hydrogen-bond acceptors (Lipinski definition) is 3. The standard InChI is InChI=1S/C20H23Cl2N3O/c21-18-5-4-16(13-19(18)22)20(26)25-11-7-15(8-12-25)14-23-10-6-17-3-1-2-9-24-17/h1-5,9,13,15,23H,6-8,10-12,14H2. The number of halogens is 2. The summed E-state index contributed by atoms with van der Waals surface area (Å²) in [7, 11) is 0. The molecular formula is C20H23Cl2N3O. The van der Waals surface area contributed by atoms with Crippen LogP contribution in [0.4, 0.5) is 0 Å². The van der Waals surface area contributed by atoms with E-state index in [-0.39, 0.29) is 5.91 Å². The van der Waals surface area contributed by atoms with Crippen molar-refractivity contribution in [1.82, 2.24) is 15.2 Å². The Morgan fingerprint density at radius 1 is 1.15 bits per heavy atom. The van der Waals surface area contributed by atoms with Crippen molar-refractivity contribution in [2.75, 3.05) is 26.2 Å². The van der Waals surface area contributed by atoms with Crippen LogP contribution in [0.1, 0.15) is 28.9 Å². The van der Waals surface area contributed by atoms with Crippen LogP contribution in [-0.4, -0.2) is 42.0 Å². The van der Waals surface area contributed by atoms with Crippen LogP contribution in [-0.2, 0) is 6.42 Å². The Morgan fingerprint density at radius 3 is 2.65 bits per heavy atom. The third-order valence-electron chi connectivity index (χ3n) is 4.79. The van der Waals surface area contributed by atoms with Crippen molar-refractivity contribution in [3.8, 4) is 0 Å². The number of hydrogen-bond donors (Lipinski definition) is 1. The van der Waals surface area contributed by atoms with Gasteiger partial charge in [-0.15, -0.1) is 0 Å². The Morgan fingerprint density at radius 2 is 1.96 bits per heavy atom. The van der Waals surface area contributed by atoms with Gasteiger partial charge in [0.1, 0.15) is 0 Å². The zero-order valence-electron chi connectivity index (χ0n) is 14.6. The first kappa shape index (κ1) is 19.2. The van der Waals surface area contributed by atoms with Gasteiger partial charge in [-0.2, -0.15) is 0 Å². The molecule has 0 atom stereocenters. The second-order valence-electron chi connectivity index (χ2n) is 6.64.